The lowest BCUT2D eigenvalue weighted by Crippen LogP contribution is -2.23. The summed E-state index contributed by atoms with van der Waals surface area (Å²) in [4.78, 5) is 23.5. The Kier molecular flexibility index (Phi) is 4.48. The van der Waals surface area contributed by atoms with E-state index >= 15 is 0 Å². The van der Waals surface area contributed by atoms with Crippen LogP contribution in [0.3, 0.4) is 0 Å². The van der Waals surface area contributed by atoms with Crippen molar-refractivity contribution in [2.75, 3.05) is 5.32 Å². The van der Waals surface area contributed by atoms with E-state index in [1.807, 2.05) is 32.9 Å². The number of benzene rings is 1. The Bertz CT molecular complexity index is 724. The Morgan fingerprint density at radius 1 is 1.14 bits per heavy atom. The topological polar surface area (TPSA) is 51.1 Å². The summed E-state index contributed by atoms with van der Waals surface area (Å²) >= 11 is 6.03. The van der Waals surface area contributed by atoms with Crippen molar-refractivity contribution < 1.29 is 4.79 Å². The highest BCUT2D eigenvalue weighted by Gasteiger charge is 2.08. The summed E-state index contributed by atoms with van der Waals surface area (Å²) in [6, 6.07) is 8.42. The van der Waals surface area contributed by atoms with Gasteiger partial charge in [-0.3, -0.25) is 9.59 Å². The van der Waals surface area contributed by atoms with Gasteiger partial charge in [-0.15, -0.1) is 0 Å². The molecule has 0 saturated heterocycles. The van der Waals surface area contributed by atoms with Crippen molar-refractivity contribution in [2.24, 2.45) is 0 Å². The number of pyridine rings is 1. The van der Waals surface area contributed by atoms with Crippen molar-refractivity contribution in [1.29, 1.82) is 0 Å². The molecule has 0 radical (unpaired) electrons. The van der Waals surface area contributed by atoms with Crippen LogP contribution in [-0.4, -0.2) is 10.5 Å². The number of aromatic nitrogens is 1. The van der Waals surface area contributed by atoms with E-state index in [-0.39, 0.29) is 17.9 Å². The van der Waals surface area contributed by atoms with E-state index in [2.05, 4.69) is 5.32 Å². The van der Waals surface area contributed by atoms with Gasteiger partial charge in [-0.05, 0) is 38.5 Å². The molecular weight excluding hydrogens is 288 g/mol. The molecule has 0 unspecified atom stereocenters. The van der Waals surface area contributed by atoms with Crippen LogP contribution in [0.2, 0.25) is 5.02 Å². The molecule has 1 N–H and O–H groups in total. The molecule has 2 rings (SSSR count). The molecule has 0 aliphatic rings. The lowest BCUT2D eigenvalue weighted by Gasteiger charge is -2.14. The zero-order valence-electron chi connectivity index (χ0n) is 12.2. The second-order valence-electron chi connectivity index (χ2n) is 5.07. The third-order valence-corrected chi connectivity index (χ3v) is 3.72. The van der Waals surface area contributed by atoms with Crippen LogP contribution in [0.15, 0.2) is 35.1 Å². The van der Waals surface area contributed by atoms with Gasteiger partial charge in [0.15, 0.2) is 5.43 Å². The minimum atomic E-state index is -0.162. The van der Waals surface area contributed by atoms with Crippen LogP contribution < -0.4 is 10.7 Å². The molecule has 0 aliphatic carbocycles. The molecule has 1 aromatic carbocycles. The summed E-state index contributed by atoms with van der Waals surface area (Å²) in [5.41, 5.74) is 3.09. The number of carbonyl (C=O) groups excluding carboxylic acids is 1. The van der Waals surface area contributed by atoms with Crippen molar-refractivity contribution in [2.45, 2.75) is 27.3 Å². The van der Waals surface area contributed by atoms with Gasteiger partial charge in [-0.1, -0.05) is 17.7 Å². The van der Waals surface area contributed by atoms with E-state index in [0.29, 0.717) is 10.7 Å². The standard InChI is InChI=1S/C16H17ClN2O2/c1-10-4-5-13(8-15(10)17)18-16(21)9-19-11(2)6-14(20)7-12(19)3/h4-8H,9H2,1-3H3,(H,18,21). The molecule has 21 heavy (non-hydrogen) atoms. The van der Waals surface area contributed by atoms with E-state index in [0.717, 1.165) is 17.0 Å². The van der Waals surface area contributed by atoms with Crippen LogP contribution in [0.5, 0.6) is 0 Å². The fourth-order valence-corrected chi connectivity index (χ4v) is 2.33. The maximum Gasteiger partial charge on any atom is 0.244 e. The summed E-state index contributed by atoms with van der Waals surface area (Å²) in [7, 11) is 0. The Morgan fingerprint density at radius 3 is 2.33 bits per heavy atom. The molecule has 2 aromatic rings. The number of aryl methyl sites for hydroxylation is 3. The SMILES string of the molecule is Cc1ccc(NC(=O)Cn2c(C)cc(=O)cc2C)cc1Cl. The molecule has 110 valence electrons. The van der Waals surface area contributed by atoms with Gasteiger partial charge in [0.2, 0.25) is 5.91 Å². The van der Waals surface area contributed by atoms with Crippen molar-refractivity contribution in [3.8, 4) is 0 Å². The minimum absolute atomic E-state index is 0.0491. The molecular formula is C16H17ClN2O2. The fourth-order valence-electron chi connectivity index (χ4n) is 2.15. The molecule has 0 saturated carbocycles. The zero-order chi connectivity index (χ0) is 15.6. The molecule has 0 spiro atoms. The Labute approximate surface area is 128 Å². The molecule has 0 aliphatic heterocycles. The van der Waals surface area contributed by atoms with Crippen LogP contribution in [-0.2, 0) is 11.3 Å². The van der Waals surface area contributed by atoms with Gasteiger partial charge < -0.3 is 9.88 Å². The van der Waals surface area contributed by atoms with Crippen LogP contribution >= 0.6 is 11.6 Å². The molecule has 0 atom stereocenters. The number of hydrogen-bond donors (Lipinski definition) is 1. The van der Waals surface area contributed by atoms with Gasteiger partial charge in [-0.25, -0.2) is 0 Å². The van der Waals surface area contributed by atoms with Gasteiger partial charge in [0, 0.05) is 34.2 Å². The minimum Gasteiger partial charge on any atom is -0.340 e. The Hall–Kier alpha value is -2.07. The fraction of sp³-hybridized carbons (Fsp3) is 0.250. The summed E-state index contributed by atoms with van der Waals surface area (Å²) in [6.07, 6.45) is 0. The van der Waals surface area contributed by atoms with Crippen LogP contribution in [0, 0.1) is 20.8 Å². The van der Waals surface area contributed by atoms with E-state index in [1.54, 1.807) is 10.6 Å². The normalized spacial score (nSPS) is 10.5. The number of nitrogens with one attached hydrogen (secondary N) is 1. The molecule has 0 bridgehead atoms. The number of amides is 1. The molecule has 1 aromatic heterocycles. The van der Waals surface area contributed by atoms with Gasteiger partial charge in [0.25, 0.3) is 0 Å². The zero-order valence-corrected chi connectivity index (χ0v) is 13.0. The number of hydrogen-bond acceptors (Lipinski definition) is 2. The van der Waals surface area contributed by atoms with Crippen LogP contribution in [0.4, 0.5) is 5.69 Å². The van der Waals surface area contributed by atoms with E-state index in [9.17, 15) is 9.59 Å². The predicted octanol–water partition coefficient (Wildman–Crippen LogP) is 3.07. The van der Waals surface area contributed by atoms with Crippen molar-refractivity contribution in [3.63, 3.8) is 0 Å². The lowest BCUT2D eigenvalue weighted by molar-refractivity contribution is -0.116. The molecule has 0 fully saturated rings. The number of anilines is 1. The van der Waals surface area contributed by atoms with Gasteiger partial charge in [0.05, 0.1) is 0 Å². The number of rotatable bonds is 3. The first-order chi connectivity index (χ1) is 9.86. The number of nitrogens with zero attached hydrogens (tertiary/aromatic N) is 1. The second-order valence-corrected chi connectivity index (χ2v) is 5.48. The van der Waals surface area contributed by atoms with Gasteiger partial charge in [0.1, 0.15) is 6.54 Å². The van der Waals surface area contributed by atoms with Crippen LogP contribution in [0.1, 0.15) is 17.0 Å². The first-order valence-corrected chi connectivity index (χ1v) is 6.98. The maximum atomic E-state index is 12.1. The lowest BCUT2D eigenvalue weighted by atomic mass is 10.2. The number of carbonyl (C=O) groups is 1. The maximum absolute atomic E-state index is 12.1. The summed E-state index contributed by atoms with van der Waals surface area (Å²) in [6.45, 7) is 5.68. The molecule has 4 nitrogen and oxygen atoms in total. The van der Waals surface area contributed by atoms with Crippen LogP contribution in [0.25, 0.3) is 0 Å². The summed E-state index contributed by atoms with van der Waals surface area (Å²) in [5, 5.41) is 3.42. The molecule has 1 amide bonds. The third kappa shape index (κ3) is 3.73. The first kappa shape index (κ1) is 15.3. The molecule has 5 heteroatoms. The smallest absolute Gasteiger partial charge is 0.244 e. The third-order valence-electron chi connectivity index (χ3n) is 3.31. The Balaban J connectivity index is 2.15. The monoisotopic (exact) mass is 304 g/mol. The number of halogens is 1. The average Bonchev–Trinajstić information content (AvgIpc) is 2.38. The summed E-state index contributed by atoms with van der Waals surface area (Å²) in [5.74, 6) is -0.162. The highest BCUT2D eigenvalue weighted by atomic mass is 35.5. The highest BCUT2D eigenvalue weighted by molar-refractivity contribution is 6.31. The predicted molar refractivity (Wildman–Crippen MR) is 85.0 cm³/mol. The Morgan fingerprint density at radius 2 is 1.76 bits per heavy atom. The highest BCUT2D eigenvalue weighted by Crippen LogP contribution is 2.20. The van der Waals surface area contributed by atoms with Gasteiger partial charge >= 0.3 is 0 Å². The summed E-state index contributed by atoms with van der Waals surface area (Å²) < 4.78 is 1.80. The van der Waals surface area contributed by atoms with Crippen molar-refractivity contribution >= 4 is 23.2 Å². The van der Waals surface area contributed by atoms with E-state index in [4.69, 9.17) is 11.6 Å². The van der Waals surface area contributed by atoms with Crippen molar-refractivity contribution in [3.05, 3.63) is 62.5 Å². The van der Waals surface area contributed by atoms with E-state index < -0.39 is 0 Å². The van der Waals surface area contributed by atoms with Crippen molar-refractivity contribution in [1.82, 2.24) is 4.57 Å². The second kappa shape index (κ2) is 6.14. The largest absolute Gasteiger partial charge is 0.340 e. The first-order valence-electron chi connectivity index (χ1n) is 6.61. The quantitative estimate of drug-likeness (QED) is 0.947. The average molecular weight is 305 g/mol. The van der Waals surface area contributed by atoms with Gasteiger partial charge in [-0.2, -0.15) is 0 Å². The van der Waals surface area contributed by atoms with E-state index in [1.165, 1.54) is 12.1 Å². The molecule has 1 heterocycles.